The fourth-order valence-electron chi connectivity index (χ4n) is 2.12. The molecule has 2 heterocycles. The summed E-state index contributed by atoms with van der Waals surface area (Å²) >= 11 is 1.20. The van der Waals surface area contributed by atoms with Crippen molar-refractivity contribution in [1.82, 2.24) is 20.1 Å². The van der Waals surface area contributed by atoms with Crippen LogP contribution < -0.4 is 5.32 Å². The van der Waals surface area contributed by atoms with E-state index in [-0.39, 0.29) is 18.1 Å². The Labute approximate surface area is 152 Å². The Morgan fingerprint density at radius 2 is 2.12 bits per heavy atom. The highest BCUT2D eigenvalue weighted by molar-refractivity contribution is 7.99. The summed E-state index contributed by atoms with van der Waals surface area (Å²) < 4.78 is 33.9. The molecule has 0 saturated heterocycles. The van der Waals surface area contributed by atoms with E-state index < -0.39 is 12.0 Å². The molecule has 0 radical (unpaired) electrons. The van der Waals surface area contributed by atoms with E-state index in [1.165, 1.54) is 47.9 Å². The smallest absolute Gasteiger partial charge is 0.407 e. The molecule has 26 heavy (non-hydrogen) atoms. The Morgan fingerprint density at radius 3 is 2.85 bits per heavy atom. The van der Waals surface area contributed by atoms with E-state index in [9.17, 15) is 13.6 Å². The molecule has 0 spiro atoms. The minimum Gasteiger partial charge on any atom is -0.443 e. The second kappa shape index (κ2) is 7.96. The fraction of sp³-hybridized carbons (Fsp3) is 0.118. The van der Waals surface area contributed by atoms with Crippen LogP contribution in [0.15, 0.2) is 58.6 Å². The molecule has 0 fully saturated rings. The number of hydrogen-bond acceptors (Lipinski definition) is 5. The number of nitrogens with zero attached hydrogens (tertiary/aromatic N) is 3. The molecule has 0 aliphatic rings. The van der Waals surface area contributed by atoms with Gasteiger partial charge in [-0.25, -0.2) is 18.9 Å². The molecule has 0 unspecified atom stereocenters. The van der Waals surface area contributed by atoms with Gasteiger partial charge in [0.05, 0.1) is 0 Å². The van der Waals surface area contributed by atoms with E-state index >= 15 is 0 Å². The van der Waals surface area contributed by atoms with Gasteiger partial charge in [-0.2, -0.15) is 9.49 Å². The van der Waals surface area contributed by atoms with Crippen LogP contribution >= 0.6 is 11.8 Å². The van der Waals surface area contributed by atoms with Gasteiger partial charge in [0, 0.05) is 18.1 Å². The molecule has 0 bridgehead atoms. The summed E-state index contributed by atoms with van der Waals surface area (Å²) in [6, 6.07) is 10.8. The Bertz CT molecular complexity index is 933. The number of amides is 1. The van der Waals surface area contributed by atoms with Crippen molar-refractivity contribution in [3.63, 3.8) is 0 Å². The summed E-state index contributed by atoms with van der Waals surface area (Å²) in [5.74, 6) is -1.08. The number of aromatic nitrogens is 3. The number of benzene rings is 1. The Morgan fingerprint density at radius 1 is 1.27 bits per heavy atom. The number of ether oxygens (including phenoxy) is 1. The van der Waals surface area contributed by atoms with Crippen molar-refractivity contribution in [1.29, 1.82) is 0 Å². The number of carbonyl (C=O) groups is 1. The van der Waals surface area contributed by atoms with E-state index in [2.05, 4.69) is 15.4 Å². The minimum absolute atomic E-state index is 0.0920. The second-order valence-electron chi connectivity index (χ2n) is 5.08. The van der Waals surface area contributed by atoms with E-state index in [0.717, 1.165) is 0 Å². The summed E-state index contributed by atoms with van der Waals surface area (Å²) in [7, 11) is 1.44. The second-order valence-corrected chi connectivity index (χ2v) is 6.18. The topological polar surface area (TPSA) is 69.0 Å². The summed E-state index contributed by atoms with van der Waals surface area (Å²) in [4.78, 5) is 15.5. The van der Waals surface area contributed by atoms with E-state index in [4.69, 9.17) is 4.74 Å². The van der Waals surface area contributed by atoms with Crippen LogP contribution in [0.5, 0.6) is 0 Å². The van der Waals surface area contributed by atoms with Crippen molar-refractivity contribution < 1.29 is 18.3 Å². The maximum atomic E-state index is 14.1. The average molecular weight is 376 g/mol. The number of alkyl carbamates (subject to hydrolysis) is 1. The first-order chi connectivity index (χ1) is 12.6. The third-order valence-corrected chi connectivity index (χ3v) is 4.26. The van der Waals surface area contributed by atoms with E-state index in [0.29, 0.717) is 15.6 Å². The SMILES string of the molecule is CNC(=O)OCc1cc(Sc2cccc(F)c2)n(-c2cccnc2F)n1. The quantitative estimate of drug-likeness (QED) is 0.690. The number of carbonyl (C=O) groups excluding carboxylic acids is 1. The van der Waals surface area contributed by atoms with Crippen molar-refractivity contribution in [3.05, 3.63) is 66.1 Å². The van der Waals surface area contributed by atoms with Crippen molar-refractivity contribution in [2.45, 2.75) is 16.5 Å². The van der Waals surface area contributed by atoms with Crippen LogP contribution in [0.1, 0.15) is 5.69 Å². The molecule has 0 saturated carbocycles. The van der Waals surface area contributed by atoms with Crippen LogP contribution in [0.3, 0.4) is 0 Å². The summed E-state index contributed by atoms with van der Waals surface area (Å²) in [6.45, 7) is -0.0920. The lowest BCUT2D eigenvalue weighted by Crippen LogP contribution is -2.19. The predicted octanol–water partition coefficient (Wildman–Crippen LogP) is 3.55. The van der Waals surface area contributed by atoms with Crippen molar-refractivity contribution in [2.24, 2.45) is 0 Å². The molecule has 6 nitrogen and oxygen atoms in total. The van der Waals surface area contributed by atoms with E-state index in [1.54, 1.807) is 24.3 Å². The molecule has 2 aromatic heterocycles. The zero-order valence-electron chi connectivity index (χ0n) is 13.6. The molecule has 1 N–H and O–H groups in total. The first-order valence-electron chi connectivity index (χ1n) is 7.54. The molecule has 1 amide bonds. The van der Waals surface area contributed by atoms with Gasteiger partial charge in [0.15, 0.2) is 0 Å². The Kier molecular flexibility index (Phi) is 5.47. The summed E-state index contributed by atoms with van der Waals surface area (Å²) in [6.07, 6.45) is 0.726. The molecular weight excluding hydrogens is 362 g/mol. The third kappa shape index (κ3) is 4.17. The van der Waals surface area contributed by atoms with Gasteiger partial charge in [-0.1, -0.05) is 17.8 Å². The fourth-order valence-corrected chi connectivity index (χ4v) is 3.10. The summed E-state index contributed by atoms with van der Waals surface area (Å²) in [5.41, 5.74) is 0.549. The van der Waals surface area contributed by atoms with Crippen LogP contribution in [0, 0.1) is 11.8 Å². The van der Waals surface area contributed by atoms with Crippen LogP contribution in [0.4, 0.5) is 13.6 Å². The molecule has 9 heteroatoms. The van der Waals surface area contributed by atoms with Crippen molar-refractivity contribution >= 4 is 17.9 Å². The Balaban J connectivity index is 1.96. The van der Waals surface area contributed by atoms with Crippen molar-refractivity contribution in [2.75, 3.05) is 7.05 Å². The maximum absolute atomic E-state index is 14.1. The number of pyridine rings is 1. The molecule has 134 valence electrons. The summed E-state index contributed by atoms with van der Waals surface area (Å²) in [5, 5.41) is 7.14. The highest BCUT2D eigenvalue weighted by atomic mass is 32.2. The average Bonchev–Trinajstić information content (AvgIpc) is 3.02. The third-order valence-electron chi connectivity index (χ3n) is 3.27. The van der Waals surface area contributed by atoms with Gasteiger partial charge in [0.25, 0.3) is 0 Å². The number of hydrogen-bond donors (Lipinski definition) is 1. The van der Waals surface area contributed by atoms with Crippen LogP contribution in [-0.2, 0) is 11.3 Å². The van der Waals surface area contributed by atoms with Crippen LogP contribution in [0.25, 0.3) is 5.69 Å². The molecule has 0 atom stereocenters. The monoisotopic (exact) mass is 376 g/mol. The molecule has 0 aliphatic carbocycles. The maximum Gasteiger partial charge on any atom is 0.407 e. The van der Waals surface area contributed by atoms with Gasteiger partial charge < -0.3 is 10.1 Å². The van der Waals surface area contributed by atoms with Gasteiger partial charge in [0.1, 0.15) is 28.8 Å². The standard InChI is InChI=1S/C17H14F2N4O2S/c1-20-17(24)25-10-12-9-15(26-13-5-2-4-11(18)8-13)23(22-12)14-6-3-7-21-16(14)19/h2-9H,10H2,1H3,(H,20,24). The molecule has 0 aliphatic heterocycles. The van der Waals surface area contributed by atoms with Gasteiger partial charge in [-0.15, -0.1) is 0 Å². The van der Waals surface area contributed by atoms with Crippen LogP contribution in [0.2, 0.25) is 0 Å². The predicted molar refractivity (Wildman–Crippen MR) is 91.1 cm³/mol. The van der Waals surface area contributed by atoms with Gasteiger partial charge in [0.2, 0.25) is 5.95 Å². The number of rotatable bonds is 5. The minimum atomic E-state index is -0.699. The molecule has 3 aromatic rings. The molecule has 1 aromatic carbocycles. The first-order valence-corrected chi connectivity index (χ1v) is 8.36. The van der Waals surface area contributed by atoms with Gasteiger partial charge in [-0.3, -0.25) is 0 Å². The zero-order valence-corrected chi connectivity index (χ0v) is 14.5. The lowest BCUT2D eigenvalue weighted by atomic mass is 10.4. The number of nitrogens with one attached hydrogen (secondary N) is 1. The highest BCUT2D eigenvalue weighted by Crippen LogP contribution is 2.31. The molecular formula is C17H14F2N4O2S. The normalized spacial score (nSPS) is 10.6. The lowest BCUT2D eigenvalue weighted by Gasteiger charge is -2.07. The largest absolute Gasteiger partial charge is 0.443 e. The lowest BCUT2D eigenvalue weighted by molar-refractivity contribution is 0.140. The number of halogens is 2. The Hall–Kier alpha value is -2.94. The highest BCUT2D eigenvalue weighted by Gasteiger charge is 2.16. The van der Waals surface area contributed by atoms with Crippen LogP contribution in [-0.4, -0.2) is 27.9 Å². The van der Waals surface area contributed by atoms with Gasteiger partial charge >= 0.3 is 6.09 Å². The van der Waals surface area contributed by atoms with E-state index in [1.807, 2.05) is 0 Å². The van der Waals surface area contributed by atoms with Crippen molar-refractivity contribution in [3.8, 4) is 5.69 Å². The first kappa shape index (κ1) is 17.9. The molecule has 3 rings (SSSR count). The van der Waals surface area contributed by atoms with Gasteiger partial charge in [-0.05, 0) is 36.4 Å². The zero-order chi connectivity index (χ0) is 18.5.